The van der Waals surface area contributed by atoms with Crippen LogP contribution < -0.4 is 0 Å². The fourth-order valence-electron chi connectivity index (χ4n) is 2.35. The Labute approximate surface area is 122 Å². The molecule has 4 aromatic rings. The van der Waals surface area contributed by atoms with E-state index in [0.717, 1.165) is 32.9 Å². The molecule has 0 fully saturated rings. The number of benzene rings is 3. The minimum absolute atomic E-state index is 0.293. The van der Waals surface area contributed by atoms with Crippen LogP contribution in [0.1, 0.15) is 0 Å². The van der Waals surface area contributed by atoms with Crippen LogP contribution in [-0.2, 0) is 0 Å². The highest BCUT2D eigenvalue weighted by Crippen LogP contribution is 2.28. The molecule has 5 heteroatoms. The first-order valence-corrected chi connectivity index (χ1v) is 8.15. The topological polar surface area (TPSA) is 46.0 Å². The Morgan fingerprint density at radius 1 is 0.850 bits per heavy atom. The predicted molar refractivity (Wildman–Crippen MR) is 84.3 cm³/mol. The molecule has 4 rings (SSSR count). The minimum Gasteiger partial charge on any atom is -0.508 e. The molecule has 0 aliphatic rings. The monoisotopic (exact) mass is 297 g/mol. The highest BCUT2D eigenvalue weighted by Gasteiger charge is 2.10. The number of phenolic OH excluding ortho intramolecular Hbond substituents is 1. The molecule has 3 nitrogen and oxygen atoms in total. The van der Waals surface area contributed by atoms with Crippen molar-refractivity contribution in [2.75, 3.05) is 0 Å². The van der Waals surface area contributed by atoms with Gasteiger partial charge in [0.2, 0.25) is 5.82 Å². The van der Waals surface area contributed by atoms with E-state index in [-0.39, 0.29) is 0 Å². The molecule has 3 aromatic carbocycles. The fourth-order valence-corrected chi connectivity index (χ4v) is 3.53. The van der Waals surface area contributed by atoms with Crippen molar-refractivity contribution in [1.82, 2.24) is 8.75 Å². The van der Waals surface area contributed by atoms with Crippen LogP contribution in [0.3, 0.4) is 0 Å². The number of rotatable bonds is 1. The molecule has 0 saturated carbocycles. The summed E-state index contributed by atoms with van der Waals surface area (Å²) in [6, 6.07) is 15.9. The van der Waals surface area contributed by atoms with Crippen LogP contribution >= 0.6 is 21.1 Å². The van der Waals surface area contributed by atoms with Crippen LogP contribution in [0.25, 0.3) is 32.9 Å². The second-order valence-corrected chi connectivity index (χ2v) is 6.16. The summed E-state index contributed by atoms with van der Waals surface area (Å²) in [7, 11) is 2.79. The molecule has 0 amide bonds. The van der Waals surface area contributed by atoms with Crippen molar-refractivity contribution in [2.24, 2.45) is 0 Å². The van der Waals surface area contributed by atoms with Gasteiger partial charge in [0.1, 0.15) is 5.75 Å². The molecule has 1 N–H and O–H groups in total. The predicted octanol–water partition coefficient (Wildman–Crippen LogP) is 4.56. The zero-order valence-corrected chi connectivity index (χ0v) is 11.9. The maximum atomic E-state index is 9.56. The molecule has 96 valence electrons. The number of aromatic nitrogens is 2. The largest absolute Gasteiger partial charge is 0.508 e. The van der Waals surface area contributed by atoms with E-state index in [1.54, 1.807) is 12.1 Å². The van der Waals surface area contributed by atoms with E-state index in [1.807, 2.05) is 12.1 Å². The third kappa shape index (κ3) is 1.92. The molecule has 0 unspecified atom stereocenters. The second kappa shape index (κ2) is 4.47. The quantitative estimate of drug-likeness (QED) is 0.318. The molecule has 0 atom stereocenters. The molecule has 0 radical (unpaired) electrons. The van der Waals surface area contributed by atoms with Crippen molar-refractivity contribution in [3.05, 3.63) is 48.5 Å². The molecule has 20 heavy (non-hydrogen) atoms. The summed E-state index contributed by atoms with van der Waals surface area (Å²) in [5.74, 6) is 1.08. The normalized spacial score (nSPS) is 11.2. The van der Waals surface area contributed by atoms with Crippen molar-refractivity contribution in [3.8, 4) is 17.1 Å². The second-order valence-electron chi connectivity index (χ2n) is 4.60. The Morgan fingerprint density at radius 2 is 1.60 bits per heavy atom. The minimum atomic E-state index is 0.293. The maximum absolute atomic E-state index is 9.56. The summed E-state index contributed by atoms with van der Waals surface area (Å²) in [6.07, 6.45) is 0. The number of nitrogens with zero attached hydrogens (tertiary/aromatic N) is 2. The van der Waals surface area contributed by atoms with Crippen LogP contribution in [-0.4, -0.2) is 13.9 Å². The Morgan fingerprint density at radius 3 is 2.35 bits per heavy atom. The van der Waals surface area contributed by atoms with Crippen LogP contribution in [0.2, 0.25) is 0 Å². The number of phenols is 1. The number of hydrogen-bond donors (Lipinski definition) is 1. The van der Waals surface area contributed by atoms with Gasteiger partial charge in [0, 0.05) is 5.56 Å². The van der Waals surface area contributed by atoms with Crippen LogP contribution in [0.15, 0.2) is 48.5 Å². The lowest BCUT2D eigenvalue weighted by molar-refractivity contribution is 0.476. The molecule has 0 aliphatic heterocycles. The lowest BCUT2D eigenvalue weighted by Gasteiger charge is -2.04. The van der Waals surface area contributed by atoms with Gasteiger partial charge < -0.3 is 5.11 Å². The highest BCUT2D eigenvalue weighted by molar-refractivity contribution is 7.64. The van der Waals surface area contributed by atoms with E-state index in [1.165, 1.54) is 21.1 Å². The number of hydrogen-bond acceptors (Lipinski definition) is 4. The molecule has 0 saturated heterocycles. The standard InChI is InChI=1S/C15H8N2OS2/c18-14-4-3-10-5-12-7-11(15-16-19-20-17-15)2-1-9(12)6-13(10)8-14/h1-8H/p+1. The first-order valence-electron chi connectivity index (χ1n) is 6.08. The van der Waals surface area contributed by atoms with Gasteiger partial charge in [-0.1, -0.05) is 18.2 Å². The summed E-state index contributed by atoms with van der Waals surface area (Å²) in [5, 5.41) is 14.0. The molecule has 1 heterocycles. The average molecular weight is 297 g/mol. The van der Waals surface area contributed by atoms with E-state index >= 15 is 0 Å². The summed E-state index contributed by atoms with van der Waals surface area (Å²) >= 11 is 0. The third-order valence-electron chi connectivity index (χ3n) is 3.32. The lowest BCUT2D eigenvalue weighted by atomic mass is 10.0. The zero-order valence-electron chi connectivity index (χ0n) is 10.3. The van der Waals surface area contributed by atoms with Gasteiger partial charge >= 0.3 is 21.1 Å². The smallest absolute Gasteiger partial charge is 0.462 e. The first kappa shape index (κ1) is 11.7. The Balaban J connectivity index is 1.98. The third-order valence-corrected chi connectivity index (χ3v) is 4.53. The van der Waals surface area contributed by atoms with Gasteiger partial charge in [0.25, 0.3) is 0 Å². The molecule has 1 aromatic heterocycles. The van der Waals surface area contributed by atoms with Crippen molar-refractivity contribution < 1.29 is 5.11 Å². The molecule has 0 bridgehead atoms. The maximum Gasteiger partial charge on any atom is 0.462 e. The van der Waals surface area contributed by atoms with E-state index in [9.17, 15) is 5.11 Å². The van der Waals surface area contributed by atoms with E-state index in [0.29, 0.717) is 5.75 Å². The SMILES string of the molecule is Oc1ccc2cc3cc(-c4ns[s+]n4)ccc3cc2c1. The summed E-state index contributed by atoms with van der Waals surface area (Å²) < 4.78 is 8.57. The zero-order chi connectivity index (χ0) is 13.5. The first-order chi connectivity index (χ1) is 9.79. The highest BCUT2D eigenvalue weighted by atomic mass is 32.9. The van der Waals surface area contributed by atoms with Gasteiger partial charge in [-0.15, -0.1) is 4.37 Å². The Kier molecular flexibility index (Phi) is 2.61. The van der Waals surface area contributed by atoms with Crippen LogP contribution in [0, 0.1) is 0 Å². The van der Waals surface area contributed by atoms with Crippen molar-refractivity contribution in [3.63, 3.8) is 0 Å². The van der Waals surface area contributed by atoms with E-state index in [4.69, 9.17) is 0 Å². The van der Waals surface area contributed by atoms with E-state index < -0.39 is 0 Å². The van der Waals surface area contributed by atoms with Gasteiger partial charge in [-0.25, -0.2) is 0 Å². The van der Waals surface area contributed by atoms with Gasteiger partial charge in [-0.2, -0.15) is 0 Å². The van der Waals surface area contributed by atoms with Crippen LogP contribution in [0.5, 0.6) is 5.75 Å². The van der Waals surface area contributed by atoms with Gasteiger partial charge in [-0.05, 0) is 51.9 Å². The van der Waals surface area contributed by atoms with E-state index in [2.05, 4.69) is 33.0 Å². The van der Waals surface area contributed by atoms with Crippen molar-refractivity contribution >= 4 is 42.6 Å². The molecule has 0 aliphatic carbocycles. The van der Waals surface area contributed by atoms with Gasteiger partial charge in [0.05, 0.1) is 4.37 Å². The number of fused-ring (bicyclic) bond motifs is 2. The average Bonchev–Trinajstić information content (AvgIpc) is 2.98. The summed E-state index contributed by atoms with van der Waals surface area (Å²) in [4.78, 5) is 0. The van der Waals surface area contributed by atoms with Gasteiger partial charge in [-0.3, -0.25) is 0 Å². The van der Waals surface area contributed by atoms with Crippen molar-refractivity contribution in [2.45, 2.75) is 0 Å². The van der Waals surface area contributed by atoms with Crippen molar-refractivity contribution in [1.29, 1.82) is 0 Å². The van der Waals surface area contributed by atoms with Crippen LogP contribution in [0.4, 0.5) is 0 Å². The lowest BCUT2D eigenvalue weighted by Crippen LogP contribution is -1.81. The molecule has 0 spiro atoms. The molecular weight excluding hydrogens is 288 g/mol. The van der Waals surface area contributed by atoms with Gasteiger partial charge in [0.15, 0.2) is 0 Å². The summed E-state index contributed by atoms with van der Waals surface area (Å²) in [6.45, 7) is 0. The molecular formula is C15H9N2OS2+. The fraction of sp³-hybridized carbons (Fsp3) is 0. The summed E-state index contributed by atoms with van der Waals surface area (Å²) in [5.41, 5.74) is 1.04. The Bertz CT molecular complexity index is 920. The number of aromatic hydroxyl groups is 1. The Hall–Kier alpha value is -2.11.